The molecule has 0 aromatic carbocycles. The topological polar surface area (TPSA) is 91.7 Å². The summed E-state index contributed by atoms with van der Waals surface area (Å²) in [4.78, 5) is 36.6. The quantitative estimate of drug-likeness (QED) is 0.643. The van der Waals surface area contributed by atoms with E-state index in [2.05, 4.69) is 0 Å². The van der Waals surface area contributed by atoms with Gasteiger partial charge in [-0.25, -0.2) is 0 Å². The molecule has 0 aromatic heterocycles. The molecule has 3 saturated carbocycles. The monoisotopic (exact) mass is 440 g/mol. The number of alkyl halides is 2. The SMILES string of the molecule is CC1C[C@H]2[C@@H]3CC(=O)C4=CC(=O)C=C[C@]4(C)[C@@]3(Cl)C(Cl)C[C@]2(C)[C@@]1(O)C(=O)CO. The van der Waals surface area contributed by atoms with E-state index in [4.69, 9.17) is 23.2 Å². The molecule has 7 heteroatoms. The molecule has 0 spiro atoms. The summed E-state index contributed by atoms with van der Waals surface area (Å²) in [5, 5.41) is 20.4. The Hall–Kier alpha value is -1.01. The van der Waals surface area contributed by atoms with E-state index in [-0.39, 0.29) is 36.2 Å². The van der Waals surface area contributed by atoms with Gasteiger partial charge in [-0.1, -0.05) is 26.8 Å². The van der Waals surface area contributed by atoms with E-state index in [9.17, 15) is 24.6 Å². The van der Waals surface area contributed by atoms with Crippen molar-refractivity contribution in [2.75, 3.05) is 6.61 Å². The van der Waals surface area contributed by atoms with Gasteiger partial charge < -0.3 is 10.2 Å². The van der Waals surface area contributed by atoms with Crippen molar-refractivity contribution in [3.05, 3.63) is 23.8 Å². The van der Waals surface area contributed by atoms with Crippen LogP contribution in [0.4, 0.5) is 0 Å². The van der Waals surface area contributed by atoms with Crippen LogP contribution in [-0.2, 0) is 14.4 Å². The second kappa shape index (κ2) is 6.25. The van der Waals surface area contributed by atoms with Crippen molar-refractivity contribution < 1.29 is 24.6 Å². The third kappa shape index (κ3) is 2.28. The lowest BCUT2D eigenvalue weighted by atomic mass is 9.46. The average Bonchev–Trinajstić information content (AvgIpc) is 2.86. The van der Waals surface area contributed by atoms with Crippen LogP contribution in [0.3, 0.4) is 0 Å². The number of rotatable bonds is 2. The summed E-state index contributed by atoms with van der Waals surface area (Å²) in [5.74, 6) is -1.99. The van der Waals surface area contributed by atoms with Gasteiger partial charge in [0.1, 0.15) is 12.2 Å². The maximum absolute atomic E-state index is 13.1. The maximum atomic E-state index is 13.1. The zero-order valence-electron chi connectivity index (χ0n) is 16.7. The van der Waals surface area contributed by atoms with Crippen molar-refractivity contribution in [1.82, 2.24) is 0 Å². The molecular weight excluding hydrogens is 415 g/mol. The van der Waals surface area contributed by atoms with Gasteiger partial charge in [-0.05, 0) is 42.7 Å². The maximum Gasteiger partial charge on any atom is 0.190 e. The van der Waals surface area contributed by atoms with Crippen LogP contribution in [-0.4, -0.2) is 50.0 Å². The molecule has 3 fully saturated rings. The Balaban J connectivity index is 1.88. The van der Waals surface area contributed by atoms with Crippen molar-refractivity contribution in [3.63, 3.8) is 0 Å². The van der Waals surface area contributed by atoms with Crippen molar-refractivity contribution >= 4 is 40.6 Å². The number of carbonyl (C=O) groups excluding carboxylic acids is 3. The van der Waals surface area contributed by atoms with Crippen LogP contribution in [0, 0.1) is 28.6 Å². The summed E-state index contributed by atoms with van der Waals surface area (Å²) >= 11 is 14.3. The molecule has 0 aromatic rings. The number of ketones is 3. The highest BCUT2D eigenvalue weighted by Gasteiger charge is 2.75. The van der Waals surface area contributed by atoms with Crippen LogP contribution in [0.25, 0.3) is 0 Å². The second-order valence-electron chi connectivity index (χ2n) is 9.68. The highest BCUT2D eigenvalue weighted by atomic mass is 35.5. The van der Waals surface area contributed by atoms with E-state index >= 15 is 0 Å². The third-order valence-electron chi connectivity index (χ3n) is 8.59. The van der Waals surface area contributed by atoms with Crippen LogP contribution >= 0.6 is 23.2 Å². The fraction of sp³-hybridized carbons (Fsp3) is 0.682. The molecule has 2 unspecified atom stereocenters. The minimum Gasteiger partial charge on any atom is -0.388 e. The first-order valence-electron chi connectivity index (χ1n) is 10.1. The van der Waals surface area contributed by atoms with Crippen LogP contribution in [0.15, 0.2) is 23.8 Å². The number of allylic oxidation sites excluding steroid dienone is 4. The van der Waals surface area contributed by atoms with Gasteiger partial charge in [0.2, 0.25) is 0 Å². The number of carbonyl (C=O) groups is 3. The molecule has 158 valence electrons. The van der Waals surface area contributed by atoms with Crippen LogP contribution in [0.2, 0.25) is 0 Å². The summed E-state index contributed by atoms with van der Waals surface area (Å²) in [5.41, 5.74) is -3.16. The van der Waals surface area contributed by atoms with Crippen molar-refractivity contribution in [1.29, 1.82) is 0 Å². The molecule has 0 bridgehead atoms. The van der Waals surface area contributed by atoms with Crippen LogP contribution in [0.1, 0.15) is 40.0 Å². The second-order valence-corrected chi connectivity index (χ2v) is 10.8. The lowest BCUT2D eigenvalue weighted by Crippen LogP contribution is -2.68. The molecule has 4 rings (SSSR count). The Bertz CT molecular complexity index is 880. The Morgan fingerprint density at radius 1 is 1.28 bits per heavy atom. The number of fused-ring (bicyclic) bond motifs is 5. The van der Waals surface area contributed by atoms with Gasteiger partial charge >= 0.3 is 0 Å². The molecule has 5 nitrogen and oxygen atoms in total. The first-order valence-corrected chi connectivity index (χ1v) is 10.9. The molecule has 8 atom stereocenters. The summed E-state index contributed by atoms with van der Waals surface area (Å²) in [6, 6.07) is 0. The highest BCUT2D eigenvalue weighted by molar-refractivity contribution is 6.35. The summed E-state index contributed by atoms with van der Waals surface area (Å²) in [6.45, 7) is 4.73. The minimum absolute atomic E-state index is 0.117. The molecule has 29 heavy (non-hydrogen) atoms. The third-order valence-corrected chi connectivity index (χ3v) is 10.1. The number of aliphatic hydroxyl groups excluding tert-OH is 1. The van der Waals surface area contributed by atoms with E-state index in [0.29, 0.717) is 12.0 Å². The largest absolute Gasteiger partial charge is 0.388 e. The Kier molecular flexibility index (Phi) is 4.58. The summed E-state index contributed by atoms with van der Waals surface area (Å²) in [7, 11) is 0. The van der Waals surface area contributed by atoms with E-state index in [1.54, 1.807) is 13.0 Å². The van der Waals surface area contributed by atoms with E-state index in [0.717, 1.165) is 0 Å². The van der Waals surface area contributed by atoms with Gasteiger partial charge in [-0.2, -0.15) is 0 Å². The zero-order valence-corrected chi connectivity index (χ0v) is 18.3. The normalized spacial score (nSPS) is 51.2. The van der Waals surface area contributed by atoms with Gasteiger partial charge in [0.05, 0.1) is 10.3 Å². The predicted octanol–water partition coefficient (Wildman–Crippen LogP) is 2.59. The van der Waals surface area contributed by atoms with E-state index < -0.39 is 45.0 Å². The van der Waals surface area contributed by atoms with Crippen LogP contribution in [0.5, 0.6) is 0 Å². The fourth-order valence-corrected chi connectivity index (χ4v) is 8.21. The highest BCUT2D eigenvalue weighted by Crippen LogP contribution is 2.71. The summed E-state index contributed by atoms with van der Waals surface area (Å²) in [6.07, 6.45) is 5.39. The first kappa shape index (κ1) is 21.2. The first-order chi connectivity index (χ1) is 13.4. The summed E-state index contributed by atoms with van der Waals surface area (Å²) < 4.78 is 0. The zero-order chi connectivity index (χ0) is 21.6. The minimum atomic E-state index is -1.73. The fourth-order valence-electron chi connectivity index (χ4n) is 7.03. The molecule has 0 amide bonds. The van der Waals surface area contributed by atoms with Crippen molar-refractivity contribution in [2.45, 2.75) is 55.9 Å². The van der Waals surface area contributed by atoms with E-state index in [1.807, 2.05) is 13.8 Å². The lowest BCUT2D eigenvalue weighted by Gasteiger charge is -2.63. The number of halogens is 2. The smallest absolute Gasteiger partial charge is 0.190 e. The Morgan fingerprint density at radius 3 is 2.55 bits per heavy atom. The molecule has 0 radical (unpaired) electrons. The Labute approximate surface area is 180 Å². The molecule has 4 aliphatic carbocycles. The van der Waals surface area contributed by atoms with Gasteiger partial charge in [0, 0.05) is 22.8 Å². The molecule has 4 aliphatic rings. The predicted molar refractivity (Wildman–Crippen MR) is 109 cm³/mol. The Morgan fingerprint density at radius 2 is 1.93 bits per heavy atom. The molecule has 2 N–H and O–H groups in total. The van der Waals surface area contributed by atoms with Crippen molar-refractivity contribution in [3.8, 4) is 0 Å². The lowest BCUT2D eigenvalue weighted by molar-refractivity contribution is -0.168. The molecule has 0 saturated heterocycles. The number of hydrogen-bond donors (Lipinski definition) is 2. The van der Waals surface area contributed by atoms with Gasteiger partial charge in [-0.15, -0.1) is 23.2 Å². The van der Waals surface area contributed by atoms with Gasteiger partial charge in [0.25, 0.3) is 0 Å². The standard InChI is InChI=1S/C22H26Cl2O5/c1-11-6-13-14-8-16(27)15-7-12(26)4-5-19(15,2)21(14,24)17(23)9-20(13,3)22(11,29)18(28)10-25/h4-5,7,11,13-14,17,25,29H,6,8-10H2,1-3H3/t11?,13-,14-,17?,19-,20-,21-,22-/m0/s1. The van der Waals surface area contributed by atoms with Crippen LogP contribution < -0.4 is 0 Å². The molecular formula is C22H26Cl2O5. The molecule has 0 heterocycles. The number of hydrogen-bond acceptors (Lipinski definition) is 5. The van der Waals surface area contributed by atoms with Gasteiger partial charge in [0.15, 0.2) is 17.3 Å². The number of aliphatic hydroxyl groups is 2. The number of Topliss-reactive ketones (excluding diaryl/α,β-unsaturated/α-hetero) is 2. The van der Waals surface area contributed by atoms with Gasteiger partial charge in [-0.3, -0.25) is 14.4 Å². The van der Waals surface area contributed by atoms with E-state index in [1.165, 1.54) is 12.2 Å². The van der Waals surface area contributed by atoms with Crippen molar-refractivity contribution in [2.24, 2.45) is 28.6 Å². The molecule has 0 aliphatic heterocycles. The average molecular weight is 441 g/mol.